The molecule has 0 aliphatic heterocycles. The quantitative estimate of drug-likeness (QED) is 0.775. The molecule has 98 valence electrons. The van der Waals surface area contributed by atoms with Crippen molar-refractivity contribution in [3.05, 3.63) is 46.5 Å². The first-order valence-electron chi connectivity index (χ1n) is 6.41. The molecule has 5 heteroatoms. The van der Waals surface area contributed by atoms with Crippen LogP contribution in [0.5, 0.6) is 0 Å². The molecule has 0 bridgehead atoms. The molecule has 0 amide bonds. The molecule has 0 aromatic carbocycles. The predicted octanol–water partition coefficient (Wildman–Crippen LogP) is 2.24. The summed E-state index contributed by atoms with van der Waals surface area (Å²) < 4.78 is 2.20. The van der Waals surface area contributed by atoms with Crippen LogP contribution in [0.4, 0.5) is 0 Å². The van der Waals surface area contributed by atoms with E-state index in [0.29, 0.717) is 6.54 Å². The average molecular weight is 272 g/mol. The Kier molecular flexibility index (Phi) is 3.57. The van der Waals surface area contributed by atoms with Gasteiger partial charge in [-0.05, 0) is 36.5 Å². The molecular weight excluding hydrogens is 256 g/mol. The van der Waals surface area contributed by atoms with E-state index >= 15 is 0 Å². The van der Waals surface area contributed by atoms with Gasteiger partial charge in [0.1, 0.15) is 11.3 Å². The lowest BCUT2D eigenvalue weighted by molar-refractivity contribution is 0.665. The summed E-state index contributed by atoms with van der Waals surface area (Å²) in [5.41, 5.74) is 7.59. The fraction of sp³-hybridized carbons (Fsp3) is 0.286. The van der Waals surface area contributed by atoms with Gasteiger partial charge in [0.2, 0.25) is 0 Å². The van der Waals surface area contributed by atoms with Gasteiger partial charge in [0.15, 0.2) is 5.65 Å². The minimum absolute atomic E-state index is 0.613. The number of rotatable bonds is 5. The zero-order chi connectivity index (χ0) is 13.1. The van der Waals surface area contributed by atoms with Crippen molar-refractivity contribution in [1.82, 2.24) is 14.5 Å². The van der Waals surface area contributed by atoms with Crippen LogP contribution in [0.15, 0.2) is 35.8 Å². The van der Waals surface area contributed by atoms with Gasteiger partial charge in [0.25, 0.3) is 0 Å². The number of hydrogen-bond donors (Lipinski definition) is 1. The van der Waals surface area contributed by atoms with E-state index in [9.17, 15) is 0 Å². The van der Waals surface area contributed by atoms with Crippen LogP contribution in [0, 0.1) is 0 Å². The molecular formula is C14H16N4S. The molecule has 0 fully saturated rings. The van der Waals surface area contributed by atoms with Crippen molar-refractivity contribution in [2.45, 2.75) is 19.4 Å². The monoisotopic (exact) mass is 272 g/mol. The van der Waals surface area contributed by atoms with E-state index in [1.165, 1.54) is 4.88 Å². The zero-order valence-electron chi connectivity index (χ0n) is 10.6. The predicted molar refractivity (Wildman–Crippen MR) is 78.3 cm³/mol. The van der Waals surface area contributed by atoms with Crippen molar-refractivity contribution in [1.29, 1.82) is 0 Å². The number of aryl methyl sites for hydroxylation is 2. The van der Waals surface area contributed by atoms with E-state index in [0.717, 1.165) is 36.4 Å². The number of fused-ring (bicyclic) bond motifs is 1. The number of imidazole rings is 1. The molecule has 3 aromatic heterocycles. The normalized spacial score (nSPS) is 11.2. The first kappa shape index (κ1) is 12.3. The number of nitrogens with two attached hydrogens (primary N) is 1. The Bertz CT molecular complexity index is 657. The van der Waals surface area contributed by atoms with Gasteiger partial charge in [-0.3, -0.25) is 0 Å². The highest BCUT2D eigenvalue weighted by Gasteiger charge is 2.10. The molecule has 0 saturated carbocycles. The van der Waals surface area contributed by atoms with Crippen LogP contribution in [0.2, 0.25) is 0 Å². The van der Waals surface area contributed by atoms with Crippen LogP contribution in [-0.4, -0.2) is 21.1 Å². The molecule has 0 aliphatic carbocycles. The molecule has 3 rings (SSSR count). The third-order valence-electron chi connectivity index (χ3n) is 3.11. The van der Waals surface area contributed by atoms with E-state index in [2.05, 4.69) is 32.0 Å². The fourth-order valence-corrected chi connectivity index (χ4v) is 2.94. The van der Waals surface area contributed by atoms with E-state index in [1.54, 1.807) is 11.3 Å². The van der Waals surface area contributed by atoms with E-state index in [4.69, 9.17) is 5.73 Å². The number of hydrogen-bond acceptors (Lipinski definition) is 4. The number of aromatic nitrogens is 3. The van der Waals surface area contributed by atoms with Crippen LogP contribution in [0.3, 0.4) is 0 Å². The van der Waals surface area contributed by atoms with Gasteiger partial charge in [0.05, 0.1) is 0 Å². The highest BCUT2D eigenvalue weighted by molar-refractivity contribution is 7.09. The maximum atomic E-state index is 5.67. The summed E-state index contributed by atoms with van der Waals surface area (Å²) in [6, 6.07) is 8.18. The molecule has 0 atom stereocenters. The van der Waals surface area contributed by atoms with Crippen molar-refractivity contribution in [3.63, 3.8) is 0 Å². The van der Waals surface area contributed by atoms with Gasteiger partial charge < -0.3 is 10.3 Å². The first-order valence-corrected chi connectivity index (χ1v) is 7.29. The van der Waals surface area contributed by atoms with E-state index in [-0.39, 0.29) is 0 Å². The average Bonchev–Trinajstić information content (AvgIpc) is 3.04. The summed E-state index contributed by atoms with van der Waals surface area (Å²) in [6.07, 6.45) is 3.62. The molecule has 3 aromatic rings. The molecule has 0 unspecified atom stereocenters. The summed E-state index contributed by atoms with van der Waals surface area (Å²) in [4.78, 5) is 10.5. The van der Waals surface area contributed by atoms with Crippen molar-refractivity contribution < 1.29 is 0 Å². The molecule has 4 nitrogen and oxygen atoms in total. The van der Waals surface area contributed by atoms with E-state index < -0.39 is 0 Å². The number of nitrogens with zero attached hydrogens (tertiary/aromatic N) is 3. The molecule has 0 saturated heterocycles. The van der Waals surface area contributed by atoms with Gasteiger partial charge in [-0.15, -0.1) is 11.3 Å². The summed E-state index contributed by atoms with van der Waals surface area (Å²) in [6.45, 7) is 1.52. The van der Waals surface area contributed by atoms with Crippen LogP contribution >= 0.6 is 11.3 Å². The van der Waals surface area contributed by atoms with Gasteiger partial charge in [-0.25, -0.2) is 9.97 Å². The number of thiophene rings is 1. The van der Waals surface area contributed by atoms with Gasteiger partial charge in [-0.1, -0.05) is 6.07 Å². The minimum Gasteiger partial charge on any atom is -0.330 e. The highest BCUT2D eigenvalue weighted by Crippen LogP contribution is 2.16. The largest absolute Gasteiger partial charge is 0.330 e. The van der Waals surface area contributed by atoms with Gasteiger partial charge >= 0.3 is 0 Å². The van der Waals surface area contributed by atoms with Crippen molar-refractivity contribution in [2.75, 3.05) is 6.54 Å². The van der Waals surface area contributed by atoms with E-state index in [1.807, 2.05) is 18.3 Å². The van der Waals surface area contributed by atoms with Crippen LogP contribution in [0.1, 0.15) is 10.7 Å². The fourth-order valence-electron chi connectivity index (χ4n) is 2.24. The van der Waals surface area contributed by atoms with Crippen molar-refractivity contribution in [2.24, 2.45) is 5.73 Å². The Hall–Kier alpha value is -1.72. The van der Waals surface area contributed by atoms with Gasteiger partial charge in [-0.2, -0.15) is 0 Å². The maximum Gasteiger partial charge on any atom is 0.159 e. The summed E-state index contributed by atoms with van der Waals surface area (Å²) in [5, 5.41) is 2.11. The Morgan fingerprint density at radius 1 is 1.21 bits per heavy atom. The standard InChI is InChI=1S/C14H16N4S/c15-7-5-13-17-12-4-1-8-16-14(12)18(13)9-6-11-3-2-10-19-11/h1-4,8,10H,5-7,9,15H2. The van der Waals surface area contributed by atoms with Crippen molar-refractivity contribution >= 4 is 22.5 Å². The molecule has 19 heavy (non-hydrogen) atoms. The topological polar surface area (TPSA) is 56.7 Å². The lowest BCUT2D eigenvalue weighted by Crippen LogP contribution is -2.11. The van der Waals surface area contributed by atoms with Crippen LogP contribution < -0.4 is 5.73 Å². The molecule has 2 N–H and O–H groups in total. The highest BCUT2D eigenvalue weighted by atomic mass is 32.1. The van der Waals surface area contributed by atoms with Crippen molar-refractivity contribution in [3.8, 4) is 0 Å². The first-order chi connectivity index (χ1) is 9.38. The van der Waals surface area contributed by atoms with Crippen LogP contribution in [-0.2, 0) is 19.4 Å². The molecule has 3 heterocycles. The second-order valence-corrected chi connectivity index (χ2v) is 5.43. The molecule has 0 spiro atoms. The third-order valence-corrected chi connectivity index (χ3v) is 4.05. The maximum absolute atomic E-state index is 5.67. The lowest BCUT2D eigenvalue weighted by Gasteiger charge is -2.07. The smallest absolute Gasteiger partial charge is 0.159 e. The second-order valence-electron chi connectivity index (χ2n) is 4.39. The second kappa shape index (κ2) is 5.50. The summed E-state index contributed by atoms with van der Waals surface area (Å²) >= 11 is 1.79. The minimum atomic E-state index is 0.613. The molecule has 0 radical (unpaired) electrons. The lowest BCUT2D eigenvalue weighted by atomic mass is 10.3. The Morgan fingerprint density at radius 3 is 2.95 bits per heavy atom. The zero-order valence-corrected chi connectivity index (χ0v) is 11.4. The Balaban J connectivity index is 1.92. The summed E-state index contributed by atoms with van der Waals surface area (Å²) in [7, 11) is 0. The van der Waals surface area contributed by atoms with Gasteiger partial charge in [0, 0.05) is 24.0 Å². The third kappa shape index (κ3) is 2.52. The number of pyridine rings is 1. The molecule has 0 aliphatic rings. The summed E-state index contributed by atoms with van der Waals surface area (Å²) in [5.74, 6) is 1.03. The van der Waals surface area contributed by atoms with Crippen LogP contribution in [0.25, 0.3) is 11.2 Å². The Morgan fingerprint density at radius 2 is 2.16 bits per heavy atom. The Labute approximate surface area is 115 Å². The SMILES string of the molecule is NCCc1nc2cccnc2n1CCc1cccs1.